The van der Waals surface area contributed by atoms with Crippen LogP contribution in [0.1, 0.15) is 16.7 Å². The van der Waals surface area contributed by atoms with Crippen LogP contribution >= 0.6 is 0 Å². The Balaban J connectivity index is 1.46. The van der Waals surface area contributed by atoms with Gasteiger partial charge in [-0.1, -0.05) is 60.7 Å². The van der Waals surface area contributed by atoms with Gasteiger partial charge in [-0.25, -0.2) is 14.8 Å². The number of nitrogens with zero attached hydrogens (tertiary/aromatic N) is 4. The summed E-state index contributed by atoms with van der Waals surface area (Å²) in [7, 11) is 0. The van der Waals surface area contributed by atoms with Gasteiger partial charge in [-0.2, -0.15) is 0 Å². The molecule has 2 atom stereocenters. The first-order valence-electron chi connectivity index (χ1n) is 14.2. The van der Waals surface area contributed by atoms with Gasteiger partial charge in [0.1, 0.15) is 23.7 Å². The van der Waals surface area contributed by atoms with Crippen molar-refractivity contribution in [1.82, 2.24) is 25.1 Å². The number of nitrogens with one attached hydrogen (secondary N) is 1. The lowest BCUT2D eigenvalue weighted by molar-refractivity contribution is -0.274. The first kappa shape index (κ1) is 31.4. The number of carbonyl (C=O) groups is 3. The Morgan fingerprint density at radius 2 is 1.64 bits per heavy atom. The molecule has 0 saturated carbocycles. The summed E-state index contributed by atoms with van der Waals surface area (Å²) in [5, 5.41) is 15.7. The molecule has 0 radical (unpaired) electrons. The molecule has 5 rings (SSSR count). The Morgan fingerprint density at radius 3 is 2.29 bits per heavy atom. The van der Waals surface area contributed by atoms with E-state index in [0.717, 1.165) is 17.7 Å². The molecule has 2 fully saturated rings. The number of phenols is 1. The lowest BCUT2D eigenvalue weighted by Gasteiger charge is -2.55. The fourth-order valence-electron chi connectivity index (χ4n) is 5.57. The van der Waals surface area contributed by atoms with Crippen molar-refractivity contribution >= 4 is 17.8 Å². The minimum atomic E-state index is -4.84. The molecule has 0 spiro atoms. The van der Waals surface area contributed by atoms with Crippen LogP contribution in [0.5, 0.6) is 11.5 Å². The van der Waals surface area contributed by atoms with Gasteiger partial charge >= 0.3 is 12.4 Å². The highest BCUT2D eigenvalue weighted by Crippen LogP contribution is 2.30. The van der Waals surface area contributed by atoms with Crippen molar-refractivity contribution in [3.05, 3.63) is 108 Å². The molecule has 2 saturated heterocycles. The van der Waals surface area contributed by atoms with Gasteiger partial charge in [-0.3, -0.25) is 9.59 Å². The summed E-state index contributed by atoms with van der Waals surface area (Å²) < 4.78 is 42.0. The number of phenolic OH excluding ortho intramolecular Hbond substituents is 1. The smallest absolute Gasteiger partial charge is 0.508 e. The van der Waals surface area contributed by atoms with Crippen molar-refractivity contribution in [1.29, 1.82) is 0 Å². The van der Waals surface area contributed by atoms with Gasteiger partial charge < -0.3 is 25.0 Å². The van der Waals surface area contributed by atoms with E-state index in [4.69, 9.17) is 0 Å². The second-order valence-corrected chi connectivity index (χ2v) is 10.7. The van der Waals surface area contributed by atoms with Crippen molar-refractivity contribution in [3.8, 4) is 11.5 Å². The summed E-state index contributed by atoms with van der Waals surface area (Å²) in [6, 6.07) is 19.3. The summed E-state index contributed by atoms with van der Waals surface area (Å²) in [6.07, 6.45) is -4.05. The Kier molecular flexibility index (Phi) is 9.28. The number of hydrogen-bond acceptors (Lipinski definition) is 6. The molecule has 0 unspecified atom stereocenters. The van der Waals surface area contributed by atoms with Crippen LogP contribution < -0.4 is 10.1 Å². The molecule has 2 heterocycles. The molecule has 0 bridgehead atoms. The van der Waals surface area contributed by atoms with Crippen LogP contribution in [0.25, 0.3) is 0 Å². The van der Waals surface area contributed by atoms with E-state index in [1.165, 1.54) is 39.1 Å². The molecular formula is C32H32F3N5O5. The van der Waals surface area contributed by atoms with Crippen molar-refractivity contribution in [2.75, 3.05) is 19.6 Å². The lowest BCUT2D eigenvalue weighted by atomic mass is 9.98. The molecule has 10 nitrogen and oxygen atoms in total. The maximum Gasteiger partial charge on any atom is 0.573 e. The molecule has 3 aromatic carbocycles. The third-order valence-corrected chi connectivity index (χ3v) is 7.56. The second-order valence-electron chi connectivity index (χ2n) is 10.7. The minimum absolute atomic E-state index is 0.0106. The van der Waals surface area contributed by atoms with E-state index in [-0.39, 0.29) is 56.7 Å². The molecule has 2 aliphatic rings. The number of fused-ring (bicyclic) bond motifs is 1. The maximum atomic E-state index is 14.0. The number of piperazine rings is 1. The highest BCUT2D eigenvalue weighted by atomic mass is 19.4. The predicted octanol–water partition coefficient (Wildman–Crippen LogP) is 4.03. The predicted molar refractivity (Wildman–Crippen MR) is 157 cm³/mol. The molecule has 4 amide bonds. The highest BCUT2D eigenvalue weighted by molar-refractivity contribution is 5.91. The van der Waals surface area contributed by atoms with Crippen LogP contribution in [-0.2, 0) is 29.1 Å². The SMILES string of the molecule is C=CCN1CC(=O)N2[C@@H](Cc3ccc(O)cc3)C(=O)N(Cc3ccc(OC(F)(F)F)cc3)C[C@@H]2N1C(=O)NCc1ccccc1. The average Bonchev–Trinajstić information content (AvgIpc) is 3.00. The van der Waals surface area contributed by atoms with Gasteiger partial charge in [-0.05, 0) is 41.0 Å². The summed E-state index contributed by atoms with van der Waals surface area (Å²) in [5.74, 6) is -1.09. The molecular weight excluding hydrogens is 591 g/mol. The van der Waals surface area contributed by atoms with Crippen molar-refractivity contribution in [2.24, 2.45) is 0 Å². The fourth-order valence-corrected chi connectivity index (χ4v) is 5.57. The number of halogens is 3. The molecule has 0 aromatic heterocycles. The average molecular weight is 624 g/mol. The highest BCUT2D eigenvalue weighted by Gasteiger charge is 2.51. The number of amides is 4. The number of urea groups is 1. The molecule has 2 N–H and O–H groups in total. The van der Waals surface area contributed by atoms with E-state index >= 15 is 0 Å². The monoisotopic (exact) mass is 623 g/mol. The molecule has 3 aromatic rings. The number of ether oxygens (including phenoxy) is 1. The Morgan fingerprint density at radius 1 is 0.978 bits per heavy atom. The quantitative estimate of drug-likeness (QED) is 0.349. The standard InChI is InChI=1S/C32H32F3N5O5/c1-2-16-38-21-29(42)39-27(17-22-8-12-25(41)13-9-22)30(43)37(19-24-10-14-26(15-11-24)45-32(33,34)35)20-28(39)40(38)31(44)36-18-23-6-4-3-5-7-23/h2-15,27-28,41H,1,16-21H2,(H,36,44)/t27-,28-/m0/s1. The lowest BCUT2D eigenvalue weighted by Crippen LogP contribution is -2.76. The topological polar surface area (TPSA) is 106 Å². The number of hydrogen-bond donors (Lipinski definition) is 2. The molecule has 2 aliphatic heterocycles. The number of carbonyl (C=O) groups excluding carboxylic acids is 3. The van der Waals surface area contributed by atoms with Crippen molar-refractivity contribution < 1.29 is 37.4 Å². The van der Waals surface area contributed by atoms with Crippen LogP contribution in [0.3, 0.4) is 0 Å². The summed E-state index contributed by atoms with van der Waals surface area (Å²) >= 11 is 0. The normalized spacial score (nSPS) is 18.9. The third kappa shape index (κ3) is 7.55. The zero-order chi connectivity index (χ0) is 32.1. The Hall–Kier alpha value is -5.04. The van der Waals surface area contributed by atoms with Gasteiger partial charge in [0.15, 0.2) is 0 Å². The number of benzene rings is 3. The van der Waals surface area contributed by atoms with Crippen LogP contribution in [0, 0.1) is 0 Å². The van der Waals surface area contributed by atoms with Crippen LogP contribution in [0.15, 0.2) is 91.5 Å². The third-order valence-electron chi connectivity index (χ3n) is 7.56. The van der Waals surface area contributed by atoms with E-state index < -0.39 is 30.4 Å². The van der Waals surface area contributed by atoms with Crippen LogP contribution in [0.2, 0.25) is 0 Å². The van der Waals surface area contributed by atoms with E-state index in [9.17, 15) is 32.7 Å². The first-order chi connectivity index (χ1) is 21.5. The van der Waals surface area contributed by atoms with Gasteiger partial charge in [-0.15, -0.1) is 19.8 Å². The molecule has 45 heavy (non-hydrogen) atoms. The number of rotatable bonds is 9. The van der Waals surface area contributed by atoms with E-state index in [1.807, 2.05) is 30.3 Å². The first-order valence-corrected chi connectivity index (χ1v) is 14.2. The molecule has 13 heteroatoms. The van der Waals surface area contributed by atoms with Crippen molar-refractivity contribution in [3.63, 3.8) is 0 Å². The Labute approximate surface area is 257 Å². The molecule has 236 valence electrons. The second kappa shape index (κ2) is 13.3. The summed E-state index contributed by atoms with van der Waals surface area (Å²) in [6.45, 7) is 3.98. The fraction of sp³-hybridized carbons (Fsp3) is 0.281. The zero-order valence-electron chi connectivity index (χ0n) is 24.2. The number of hydrazine groups is 1. The molecule has 0 aliphatic carbocycles. The summed E-state index contributed by atoms with van der Waals surface area (Å²) in [5.41, 5.74) is 2.08. The summed E-state index contributed by atoms with van der Waals surface area (Å²) in [4.78, 5) is 44.4. The van der Waals surface area contributed by atoms with Crippen LogP contribution in [0.4, 0.5) is 18.0 Å². The zero-order valence-corrected chi connectivity index (χ0v) is 24.2. The van der Waals surface area contributed by atoms with Crippen molar-refractivity contribution in [2.45, 2.75) is 38.1 Å². The number of alkyl halides is 3. The van der Waals surface area contributed by atoms with Gasteiger partial charge in [0.2, 0.25) is 11.8 Å². The Bertz CT molecular complexity index is 1520. The minimum Gasteiger partial charge on any atom is -0.508 e. The van der Waals surface area contributed by atoms with Gasteiger partial charge in [0.25, 0.3) is 0 Å². The van der Waals surface area contributed by atoms with Gasteiger partial charge in [0, 0.05) is 26.1 Å². The van der Waals surface area contributed by atoms with E-state index in [1.54, 1.807) is 23.2 Å². The van der Waals surface area contributed by atoms with E-state index in [0.29, 0.717) is 11.1 Å². The maximum absolute atomic E-state index is 14.0. The van der Waals surface area contributed by atoms with Gasteiger partial charge in [0.05, 0.1) is 13.1 Å². The van der Waals surface area contributed by atoms with Crippen LogP contribution in [-0.4, -0.2) is 81.0 Å². The largest absolute Gasteiger partial charge is 0.573 e. The number of aromatic hydroxyl groups is 1. The van der Waals surface area contributed by atoms with E-state index in [2.05, 4.69) is 16.6 Å².